The Kier molecular flexibility index (Phi) is 4.49. The first-order valence-corrected chi connectivity index (χ1v) is 6.77. The zero-order valence-corrected chi connectivity index (χ0v) is 9.64. The van der Waals surface area contributed by atoms with Crippen LogP contribution in [0.25, 0.3) is 0 Å². The van der Waals surface area contributed by atoms with Crippen molar-refractivity contribution in [1.82, 2.24) is 0 Å². The normalized spacial score (nSPS) is 11.8. The van der Waals surface area contributed by atoms with E-state index in [2.05, 4.69) is 0 Å². The second-order valence-electron chi connectivity index (χ2n) is 3.03. The lowest BCUT2D eigenvalue weighted by Gasteiger charge is -2.05. The highest BCUT2D eigenvalue weighted by atomic mass is 35.7. The van der Waals surface area contributed by atoms with Crippen molar-refractivity contribution in [3.05, 3.63) is 29.8 Å². The third-order valence-electron chi connectivity index (χ3n) is 1.64. The van der Waals surface area contributed by atoms with E-state index in [1.807, 2.05) is 0 Å². The standard InChI is InChI=1S/C9H9ClF2O3S/c10-16(13,14)6-7-1-3-8(4-2-7)15-5-9(11)12/h1-4,9H,5-6H2. The molecule has 0 radical (unpaired) electrons. The van der Waals surface area contributed by atoms with Crippen molar-refractivity contribution in [2.75, 3.05) is 6.61 Å². The van der Waals surface area contributed by atoms with Crippen LogP contribution >= 0.6 is 10.7 Å². The van der Waals surface area contributed by atoms with Crippen LogP contribution in [0.1, 0.15) is 5.56 Å². The van der Waals surface area contributed by atoms with E-state index in [0.717, 1.165) is 0 Å². The summed E-state index contributed by atoms with van der Waals surface area (Å²) in [6.45, 7) is -0.687. The number of halogens is 3. The van der Waals surface area contributed by atoms with Crippen LogP contribution in [0.3, 0.4) is 0 Å². The first-order valence-electron chi connectivity index (χ1n) is 4.29. The molecule has 0 N–H and O–H groups in total. The van der Waals surface area contributed by atoms with Crippen molar-refractivity contribution < 1.29 is 21.9 Å². The van der Waals surface area contributed by atoms with E-state index in [1.165, 1.54) is 24.3 Å². The van der Waals surface area contributed by atoms with E-state index in [-0.39, 0.29) is 11.5 Å². The largest absolute Gasteiger partial charge is 0.488 e. The van der Waals surface area contributed by atoms with Crippen LogP contribution < -0.4 is 4.74 Å². The lowest BCUT2D eigenvalue weighted by atomic mass is 10.2. The molecule has 3 nitrogen and oxygen atoms in total. The number of hydrogen-bond acceptors (Lipinski definition) is 3. The molecule has 0 atom stereocenters. The summed E-state index contributed by atoms with van der Waals surface area (Å²) in [4.78, 5) is 0. The van der Waals surface area contributed by atoms with Crippen LogP contribution in [0.5, 0.6) is 5.75 Å². The molecule has 0 heterocycles. The fourth-order valence-corrected chi connectivity index (χ4v) is 2.01. The van der Waals surface area contributed by atoms with Crippen LogP contribution in [-0.2, 0) is 14.8 Å². The Bertz CT molecular complexity index is 431. The monoisotopic (exact) mass is 270 g/mol. The van der Waals surface area contributed by atoms with Gasteiger partial charge in [0.2, 0.25) is 9.05 Å². The van der Waals surface area contributed by atoms with Gasteiger partial charge in [0.15, 0.2) is 0 Å². The van der Waals surface area contributed by atoms with Crippen molar-refractivity contribution in [2.45, 2.75) is 12.2 Å². The van der Waals surface area contributed by atoms with Gasteiger partial charge in [0, 0.05) is 10.7 Å². The first-order chi connectivity index (χ1) is 7.37. The molecule has 0 fully saturated rings. The highest BCUT2D eigenvalue weighted by Gasteiger charge is 2.07. The average molecular weight is 271 g/mol. The van der Waals surface area contributed by atoms with E-state index in [1.54, 1.807) is 0 Å². The van der Waals surface area contributed by atoms with Crippen LogP contribution in [0.15, 0.2) is 24.3 Å². The van der Waals surface area contributed by atoms with Gasteiger partial charge in [0.25, 0.3) is 6.43 Å². The molecule has 1 aromatic carbocycles. The van der Waals surface area contributed by atoms with E-state index in [4.69, 9.17) is 15.4 Å². The van der Waals surface area contributed by atoms with Crippen molar-refractivity contribution in [3.63, 3.8) is 0 Å². The highest BCUT2D eigenvalue weighted by Crippen LogP contribution is 2.16. The number of benzene rings is 1. The zero-order valence-electron chi connectivity index (χ0n) is 8.07. The Balaban J connectivity index is 2.61. The summed E-state index contributed by atoms with van der Waals surface area (Å²) in [5, 5.41) is 0. The second-order valence-corrected chi connectivity index (χ2v) is 5.81. The average Bonchev–Trinajstić information content (AvgIpc) is 2.14. The van der Waals surface area contributed by atoms with E-state index in [9.17, 15) is 17.2 Å². The molecule has 7 heteroatoms. The lowest BCUT2D eigenvalue weighted by Crippen LogP contribution is -2.06. The SMILES string of the molecule is O=S(=O)(Cl)Cc1ccc(OCC(F)F)cc1. The molecule has 16 heavy (non-hydrogen) atoms. The molecule has 0 spiro atoms. The zero-order chi connectivity index (χ0) is 12.2. The Labute approximate surface area is 96.4 Å². The Hall–Kier alpha value is -0.880. The van der Waals surface area contributed by atoms with Gasteiger partial charge in [-0.1, -0.05) is 12.1 Å². The molecule has 1 rings (SSSR count). The summed E-state index contributed by atoms with van der Waals surface area (Å²) >= 11 is 0. The maximum Gasteiger partial charge on any atom is 0.272 e. The van der Waals surface area contributed by atoms with Gasteiger partial charge in [-0.25, -0.2) is 17.2 Å². The second kappa shape index (κ2) is 5.45. The van der Waals surface area contributed by atoms with Gasteiger partial charge >= 0.3 is 0 Å². The van der Waals surface area contributed by atoms with Gasteiger partial charge in [-0.05, 0) is 17.7 Å². The third-order valence-corrected chi connectivity index (χ3v) is 2.64. The molecule has 90 valence electrons. The van der Waals surface area contributed by atoms with Gasteiger partial charge in [0.05, 0.1) is 5.75 Å². The van der Waals surface area contributed by atoms with Gasteiger partial charge < -0.3 is 4.74 Å². The molecule has 0 saturated carbocycles. The van der Waals surface area contributed by atoms with Crippen molar-refractivity contribution in [3.8, 4) is 5.75 Å². The Morgan fingerprint density at radius 3 is 2.25 bits per heavy atom. The summed E-state index contributed by atoms with van der Waals surface area (Å²) in [5.74, 6) is -0.0417. The minimum atomic E-state index is -3.60. The molecule has 0 aliphatic rings. The van der Waals surface area contributed by atoms with Crippen LogP contribution in [0.2, 0.25) is 0 Å². The number of alkyl halides is 2. The summed E-state index contributed by atoms with van der Waals surface area (Å²) in [5.41, 5.74) is 0.472. The summed E-state index contributed by atoms with van der Waals surface area (Å²) < 4.78 is 49.8. The molecule has 1 aromatic rings. The summed E-state index contributed by atoms with van der Waals surface area (Å²) in [6, 6.07) is 5.75. The minimum absolute atomic E-state index is 0.260. The molecular weight excluding hydrogens is 262 g/mol. The molecule has 0 aromatic heterocycles. The van der Waals surface area contributed by atoms with E-state index in [0.29, 0.717) is 5.56 Å². The quantitative estimate of drug-likeness (QED) is 0.772. The number of hydrogen-bond donors (Lipinski definition) is 0. The Morgan fingerprint density at radius 2 is 1.81 bits per heavy atom. The van der Waals surface area contributed by atoms with Gasteiger partial charge in [-0.15, -0.1) is 0 Å². The van der Waals surface area contributed by atoms with E-state index >= 15 is 0 Å². The highest BCUT2D eigenvalue weighted by molar-refractivity contribution is 8.13. The minimum Gasteiger partial charge on any atom is -0.488 e. The maximum absolute atomic E-state index is 11.8. The van der Waals surface area contributed by atoms with Gasteiger partial charge in [0.1, 0.15) is 12.4 Å². The van der Waals surface area contributed by atoms with Gasteiger partial charge in [-0.2, -0.15) is 0 Å². The van der Waals surface area contributed by atoms with Crippen molar-refractivity contribution >= 4 is 19.7 Å². The van der Waals surface area contributed by atoms with Crippen LogP contribution in [0.4, 0.5) is 8.78 Å². The molecule has 0 bridgehead atoms. The topological polar surface area (TPSA) is 43.4 Å². The molecule has 0 aliphatic carbocycles. The Morgan fingerprint density at radius 1 is 1.25 bits per heavy atom. The number of ether oxygens (including phenoxy) is 1. The van der Waals surface area contributed by atoms with Crippen LogP contribution in [-0.4, -0.2) is 21.5 Å². The van der Waals surface area contributed by atoms with Crippen molar-refractivity contribution in [2.24, 2.45) is 0 Å². The predicted octanol–water partition coefficient (Wildman–Crippen LogP) is 2.40. The van der Waals surface area contributed by atoms with Crippen molar-refractivity contribution in [1.29, 1.82) is 0 Å². The maximum atomic E-state index is 11.8. The van der Waals surface area contributed by atoms with Crippen LogP contribution in [0, 0.1) is 0 Å². The fraction of sp³-hybridized carbons (Fsp3) is 0.333. The molecule has 0 aliphatic heterocycles. The summed E-state index contributed by atoms with van der Waals surface area (Å²) in [7, 11) is 1.45. The van der Waals surface area contributed by atoms with E-state index < -0.39 is 22.1 Å². The molecular formula is C9H9ClF2O3S. The first kappa shape index (κ1) is 13.2. The molecule has 0 amide bonds. The third kappa shape index (κ3) is 5.27. The summed E-state index contributed by atoms with van der Waals surface area (Å²) in [6.07, 6.45) is -2.54. The number of rotatable bonds is 5. The lowest BCUT2D eigenvalue weighted by molar-refractivity contribution is 0.0819. The molecule has 0 saturated heterocycles. The fourth-order valence-electron chi connectivity index (χ4n) is 1.04. The smallest absolute Gasteiger partial charge is 0.272 e. The van der Waals surface area contributed by atoms with Gasteiger partial charge in [-0.3, -0.25) is 0 Å². The molecule has 0 unspecified atom stereocenters. The predicted molar refractivity (Wildman–Crippen MR) is 56.4 cm³/mol.